The average molecular weight is 353 g/mol. The van der Waals surface area contributed by atoms with Crippen LogP contribution in [0.5, 0.6) is 0 Å². The maximum Gasteiger partial charge on any atom is 0.262 e. The van der Waals surface area contributed by atoms with Crippen molar-refractivity contribution in [3.8, 4) is 0 Å². The summed E-state index contributed by atoms with van der Waals surface area (Å²) in [7, 11) is 0. The fraction of sp³-hybridized carbons (Fsp3) is 0.0588. The highest BCUT2D eigenvalue weighted by atomic mass is 32.1. The number of thiazole rings is 1. The van der Waals surface area contributed by atoms with Gasteiger partial charge in [0.1, 0.15) is 11.4 Å². The van der Waals surface area contributed by atoms with Gasteiger partial charge in [-0.1, -0.05) is 12.1 Å². The molecule has 4 rings (SSSR count). The number of halogens is 1. The SMILES string of the molecule is O=C(Nc1ncc(Cc2ccc(F)cc2)s1)c1cnn2cccnc12. The Morgan fingerprint density at radius 2 is 2.04 bits per heavy atom. The third-order valence-corrected chi connectivity index (χ3v) is 4.50. The summed E-state index contributed by atoms with van der Waals surface area (Å²) in [5.41, 5.74) is 1.86. The molecule has 25 heavy (non-hydrogen) atoms. The van der Waals surface area contributed by atoms with Crippen LogP contribution in [-0.2, 0) is 6.42 Å². The second kappa shape index (κ2) is 6.40. The Kier molecular flexibility index (Phi) is 3.95. The van der Waals surface area contributed by atoms with E-state index in [0.717, 1.165) is 10.4 Å². The minimum Gasteiger partial charge on any atom is -0.298 e. The standard InChI is InChI=1S/C17H12FN5OS/c18-12-4-2-11(3-5-12)8-13-9-20-17(25-13)22-16(24)14-10-21-23-7-1-6-19-15(14)23/h1-7,9-10H,8H2,(H,20,22,24). The summed E-state index contributed by atoms with van der Waals surface area (Å²) in [4.78, 5) is 21.8. The fourth-order valence-corrected chi connectivity index (χ4v) is 3.24. The van der Waals surface area contributed by atoms with Crippen LogP contribution >= 0.6 is 11.3 Å². The van der Waals surface area contributed by atoms with E-state index >= 15 is 0 Å². The molecule has 0 saturated heterocycles. The zero-order chi connectivity index (χ0) is 17.2. The normalized spacial score (nSPS) is 10.9. The van der Waals surface area contributed by atoms with Crippen LogP contribution in [0, 0.1) is 5.82 Å². The van der Waals surface area contributed by atoms with E-state index < -0.39 is 0 Å². The molecule has 0 bridgehead atoms. The van der Waals surface area contributed by atoms with E-state index in [1.54, 1.807) is 36.8 Å². The van der Waals surface area contributed by atoms with Gasteiger partial charge >= 0.3 is 0 Å². The topological polar surface area (TPSA) is 72.2 Å². The Hall–Kier alpha value is -3.13. The summed E-state index contributed by atoms with van der Waals surface area (Å²) < 4.78 is 14.5. The number of hydrogen-bond acceptors (Lipinski definition) is 5. The molecule has 1 amide bonds. The highest BCUT2D eigenvalue weighted by Gasteiger charge is 2.15. The molecule has 0 aliphatic carbocycles. The van der Waals surface area contributed by atoms with Crippen LogP contribution in [0.4, 0.5) is 9.52 Å². The summed E-state index contributed by atoms with van der Waals surface area (Å²) in [6, 6.07) is 8.06. The van der Waals surface area contributed by atoms with E-state index in [9.17, 15) is 9.18 Å². The number of nitrogens with one attached hydrogen (secondary N) is 1. The van der Waals surface area contributed by atoms with E-state index in [1.165, 1.54) is 34.2 Å². The highest BCUT2D eigenvalue weighted by Crippen LogP contribution is 2.22. The molecule has 0 saturated carbocycles. The van der Waals surface area contributed by atoms with Crippen molar-refractivity contribution in [2.45, 2.75) is 6.42 Å². The number of carbonyl (C=O) groups excluding carboxylic acids is 1. The summed E-state index contributed by atoms with van der Waals surface area (Å²) in [5.74, 6) is -0.570. The van der Waals surface area contributed by atoms with Crippen LogP contribution in [0.25, 0.3) is 5.65 Å². The molecule has 124 valence electrons. The third kappa shape index (κ3) is 3.24. The number of carbonyl (C=O) groups is 1. The quantitative estimate of drug-likeness (QED) is 0.612. The second-order valence-electron chi connectivity index (χ2n) is 5.34. The van der Waals surface area contributed by atoms with Gasteiger partial charge in [-0.25, -0.2) is 18.9 Å². The van der Waals surface area contributed by atoms with Crippen LogP contribution in [-0.4, -0.2) is 25.5 Å². The fourth-order valence-electron chi connectivity index (χ4n) is 2.40. The molecule has 0 aliphatic rings. The average Bonchev–Trinajstić information content (AvgIpc) is 3.23. The molecule has 0 spiro atoms. The van der Waals surface area contributed by atoms with Gasteiger partial charge in [0.25, 0.3) is 5.91 Å². The Morgan fingerprint density at radius 1 is 1.20 bits per heavy atom. The lowest BCUT2D eigenvalue weighted by Crippen LogP contribution is -2.11. The van der Waals surface area contributed by atoms with Gasteiger partial charge in [-0.3, -0.25) is 10.1 Å². The van der Waals surface area contributed by atoms with Crippen molar-refractivity contribution in [2.75, 3.05) is 5.32 Å². The zero-order valence-electron chi connectivity index (χ0n) is 12.9. The van der Waals surface area contributed by atoms with Crippen molar-refractivity contribution >= 4 is 28.0 Å². The van der Waals surface area contributed by atoms with Crippen molar-refractivity contribution in [3.05, 3.63) is 76.9 Å². The van der Waals surface area contributed by atoms with Crippen molar-refractivity contribution < 1.29 is 9.18 Å². The highest BCUT2D eigenvalue weighted by molar-refractivity contribution is 7.15. The van der Waals surface area contributed by atoms with Gasteiger partial charge in [0.05, 0.1) is 6.20 Å². The van der Waals surface area contributed by atoms with E-state index in [-0.39, 0.29) is 11.7 Å². The molecule has 0 unspecified atom stereocenters. The maximum absolute atomic E-state index is 12.9. The first-order valence-corrected chi connectivity index (χ1v) is 8.29. The lowest BCUT2D eigenvalue weighted by molar-refractivity contribution is 0.102. The Bertz CT molecular complexity index is 1040. The number of fused-ring (bicyclic) bond motifs is 1. The number of amides is 1. The van der Waals surface area contributed by atoms with E-state index in [2.05, 4.69) is 20.4 Å². The van der Waals surface area contributed by atoms with Gasteiger partial charge in [0.2, 0.25) is 0 Å². The Labute approximate surface area is 146 Å². The number of hydrogen-bond donors (Lipinski definition) is 1. The molecule has 0 fully saturated rings. The largest absolute Gasteiger partial charge is 0.298 e. The maximum atomic E-state index is 12.9. The van der Waals surface area contributed by atoms with Gasteiger partial charge < -0.3 is 0 Å². The van der Waals surface area contributed by atoms with E-state index in [1.807, 2.05) is 0 Å². The van der Waals surface area contributed by atoms with Gasteiger partial charge in [0, 0.05) is 29.9 Å². The monoisotopic (exact) mass is 353 g/mol. The van der Waals surface area contributed by atoms with Gasteiger partial charge in [0.15, 0.2) is 10.8 Å². The first-order chi connectivity index (χ1) is 12.2. The third-order valence-electron chi connectivity index (χ3n) is 3.59. The van der Waals surface area contributed by atoms with Gasteiger partial charge in [-0.2, -0.15) is 5.10 Å². The Balaban J connectivity index is 1.49. The zero-order valence-corrected chi connectivity index (χ0v) is 13.7. The van der Waals surface area contributed by atoms with Crippen LogP contribution in [0.2, 0.25) is 0 Å². The number of anilines is 1. The van der Waals surface area contributed by atoms with Crippen LogP contribution < -0.4 is 5.32 Å². The van der Waals surface area contributed by atoms with Gasteiger partial charge in [-0.15, -0.1) is 11.3 Å². The lowest BCUT2D eigenvalue weighted by Gasteiger charge is -1.99. The predicted molar refractivity (Wildman–Crippen MR) is 92.3 cm³/mol. The summed E-state index contributed by atoms with van der Waals surface area (Å²) in [6.07, 6.45) is 7.15. The lowest BCUT2D eigenvalue weighted by atomic mass is 10.1. The van der Waals surface area contributed by atoms with Crippen LogP contribution in [0.15, 0.2) is 55.1 Å². The molecular formula is C17H12FN5OS. The van der Waals surface area contributed by atoms with Crippen molar-refractivity contribution in [3.63, 3.8) is 0 Å². The number of aromatic nitrogens is 4. The second-order valence-corrected chi connectivity index (χ2v) is 6.45. The molecule has 0 aliphatic heterocycles. The first-order valence-electron chi connectivity index (χ1n) is 7.48. The molecule has 6 nitrogen and oxygen atoms in total. The molecule has 4 aromatic rings. The molecule has 8 heteroatoms. The molecule has 1 aromatic carbocycles. The number of rotatable bonds is 4. The molecule has 1 N–H and O–H groups in total. The molecule has 3 heterocycles. The molecule has 3 aromatic heterocycles. The molecule has 0 radical (unpaired) electrons. The van der Waals surface area contributed by atoms with Crippen molar-refractivity contribution in [2.24, 2.45) is 0 Å². The van der Waals surface area contributed by atoms with E-state index in [4.69, 9.17) is 0 Å². The first kappa shape index (κ1) is 15.4. The van der Waals surface area contributed by atoms with E-state index in [0.29, 0.717) is 22.8 Å². The number of nitrogens with zero attached hydrogens (tertiary/aromatic N) is 4. The smallest absolute Gasteiger partial charge is 0.262 e. The minimum absolute atomic E-state index is 0.261. The Morgan fingerprint density at radius 3 is 2.88 bits per heavy atom. The summed E-state index contributed by atoms with van der Waals surface area (Å²) in [6.45, 7) is 0. The van der Waals surface area contributed by atoms with Crippen molar-refractivity contribution in [1.29, 1.82) is 0 Å². The summed E-state index contributed by atoms with van der Waals surface area (Å²) in [5, 5.41) is 7.36. The van der Waals surface area contributed by atoms with Crippen molar-refractivity contribution in [1.82, 2.24) is 19.6 Å². The molecular weight excluding hydrogens is 341 g/mol. The number of benzene rings is 1. The molecule has 0 atom stereocenters. The minimum atomic E-state index is -0.309. The van der Waals surface area contributed by atoms with Crippen LogP contribution in [0.3, 0.4) is 0 Å². The van der Waals surface area contributed by atoms with Crippen LogP contribution in [0.1, 0.15) is 20.8 Å². The summed E-state index contributed by atoms with van der Waals surface area (Å²) >= 11 is 1.38. The van der Waals surface area contributed by atoms with Gasteiger partial charge in [-0.05, 0) is 23.8 Å². The predicted octanol–water partition coefficient (Wildman–Crippen LogP) is 3.17.